The number of aromatic hydroxyl groups is 1. The summed E-state index contributed by atoms with van der Waals surface area (Å²) in [5.74, 6) is -0.175. The van der Waals surface area contributed by atoms with E-state index in [2.05, 4.69) is 0 Å². The molecule has 20 heavy (non-hydrogen) atoms. The number of carbonyl (C=O) groups excluding carboxylic acids is 1. The summed E-state index contributed by atoms with van der Waals surface area (Å²) in [6.45, 7) is 4.00. The summed E-state index contributed by atoms with van der Waals surface area (Å²) in [5.41, 5.74) is 1.75. The standard InChI is InChI=1S/C14H18O6/c1-5-19-14-9-8(6-17-3)11(15)7(2)12(18-4)10(9)13(16)20-14/h14-15H,5-6H2,1-4H3. The van der Waals surface area contributed by atoms with Crippen molar-refractivity contribution in [2.75, 3.05) is 20.8 Å². The molecular formula is C14H18O6. The van der Waals surface area contributed by atoms with E-state index < -0.39 is 12.3 Å². The van der Waals surface area contributed by atoms with Crippen LogP contribution in [-0.4, -0.2) is 31.9 Å². The SMILES string of the molecule is CCOC1OC(=O)c2c(OC)c(C)c(O)c(COC)c21. The van der Waals surface area contributed by atoms with Crippen molar-refractivity contribution in [2.24, 2.45) is 0 Å². The summed E-state index contributed by atoms with van der Waals surface area (Å²) in [4.78, 5) is 12.0. The van der Waals surface area contributed by atoms with Crippen molar-refractivity contribution in [2.45, 2.75) is 26.7 Å². The van der Waals surface area contributed by atoms with E-state index in [-0.39, 0.29) is 12.4 Å². The summed E-state index contributed by atoms with van der Waals surface area (Å²) in [7, 11) is 2.96. The maximum atomic E-state index is 12.0. The Labute approximate surface area is 117 Å². The Bertz CT molecular complexity index is 537. The molecule has 2 rings (SSSR count). The van der Waals surface area contributed by atoms with E-state index in [9.17, 15) is 9.90 Å². The largest absolute Gasteiger partial charge is 0.507 e. The highest BCUT2D eigenvalue weighted by molar-refractivity contribution is 5.98. The van der Waals surface area contributed by atoms with Crippen molar-refractivity contribution in [3.63, 3.8) is 0 Å². The molecule has 1 unspecified atom stereocenters. The molecule has 110 valence electrons. The number of cyclic esters (lactones) is 1. The zero-order valence-electron chi connectivity index (χ0n) is 12.0. The molecule has 6 nitrogen and oxygen atoms in total. The molecule has 1 aromatic carbocycles. The van der Waals surface area contributed by atoms with E-state index in [1.807, 2.05) is 0 Å². The molecule has 0 radical (unpaired) electrons. The van der Waals surface area contributed by atoms with Gasteiger partial charge in [0.2, 0.25) is 6.29 Å². The van der Waals surface area contributed by atoms with E-state index in [0.29, 0.717) is 34.6 Å². The van der Waals surface area contributed by atoms with Crippen LogP contribution >= 0.6 is 0 Å². The van der Waals surface area contributed by atoms with Gasteiger partial charge in [-0.05, 0) is 13.8 Å². The number of hydrogen-bond acceptors (Lipinski definition) is 6. The maximum absolute atomic E-state index is 12.0. The highest BCUT2D eigenvalue weighted by Crippen LogP contribution is 2.46. The van der Waals surface area contributed by atoms with Gasteiger partial charge < -0.3 is 24.1 Å². The summed E-state index contributed by atoms with van der Waals surface area (Å²) < 4.78 is 21.0. The molecule has 6 heteroatoms. The van der Waals surface area contributed by atoms with Gasteiger partial charge in [-0.1, -0.05) is 0 Å². The summed E-state index contributed by atoms with van der Waals surface area (Å²) >= 11 is 0. The van der Waals surface area contributed by atoms with E-state index in [1.165, 1.54) is 14.2 Å². The molecule has 0 saturated carbocycles. The first-order valence-corrected chi connectivity index (χ1v) is 6.30. The quantitative estimate of drug-likeness (QED) is 0.833. The Morgan fingerprint density at radius 2 is 2.05 bits per heavy atom. The predicted octanol–water partition coefficient (Wildman–Crippen LogP) is 2.06. The Morgan fingerprint density at radius 1 is 1.35 bits per heavy atom. The van der Waals surface area contributed by atoms with Crippen molar-refractivity contribution in [1.82, 2.24) is 0 Å². The highest BCUT2D eigenvalue weighted by Gasteiger charge is 2.39. The average Bonchev–Trinajstić information content (AvgIpc) is 2.73. The molecule has 0 aliphatic carbocycles. The molecule has 0 saturated heterocycles. The smallest absolute Gasteiger partial charge is 0.345 e. The zero-order valence-corrected chi connectivity index (χ0v) is 12.0. The van der Waals surface area contributed by atoms with Crippen molar-refractivity contribution < 1.29 is 28.8 Å². The third kappa shape index (κ3) is 2.10. The van der Waals surface area contributed by atoms with Crippen LogP contribution in [0.3, 0.4) is 0 Å². The minimum absolute atomic E-state index is 0.0328. The molecule has 1 aliphatic heterocycles. The number of phenolic OH excluding ortho intramolecular Hbond substituents is 1. The topological polar surface area (TPSA) is 74.2 Å². The number of methoxy groups -OCH3 is 2. The number of esters is 1. The Kier molecular flexibility index (Phi) is 4.15. The zero-order chi connectivity index (χ0) is 14.9. The van der Waals surface area contributed by atoms with Gasteiger partial charge in [0, 0.05) is 30.4 Å². The van der Waals surface area contributed by atoms with E-state index in [4.69, 9.17) is 18.9 Å². The van der Waals surface area contributed by atoms with Crippen LogP contribution in [0.5, 0.6) is 11.5 Å². The van der Waals surface area contributed by atoms with Gasteiger partial charge in [0.15, 0.2) is 0 Å². The lowest BCUT2D eigenvalue weighted by Gasteiger charge is -2.18. The van der Waals surface area contributed by atoms with E-state index in [0.717, 1.165) is 0 Å². The lowest BCUT2D eigenvalue weighted by molar-refractivity contribution is -0.100. The van der Waals surface area contributed by atoms with Crippen molar-refractivity contribution in [3.05, 3.63) is 22.3 Å². The molecule has 1 atom stereocenters. The lowest BCUT2D eigenvalue weighted by atomic mass is 9.96. The first-order chi connectivity index (χ1) is 9.56. The van der Waals surface area contributed by atoms with Crippen LogP contribution in [0, 0.1) is 6.92 Å². The lowest BCUT2D eigenvalue weighted by Crippen LogP contribution is -2.07. The fraction of sp³-hybridized carbons (Fsp3) is 0.500. The van der Waals surface area contributed by atoms with Gasteiger partial charge in [0.25, 0.3) is 0 Å². The van der Waals surface area contributed by atoms with Crippen molar-refractivity contribution in [3.8, 4) is 11.5 Å². The van der Waals surface area contributed by atoms with Gasteiger partial charge >= 0.3 is 5.97 Å². The first kappa shape index (κ1) is 14.6. The number of hydrogen-bond donors (Lipinski definition) is 1. The monoisotopic (exact) mass is 282 g/mol. The normalized spacial score (nSPS) is 17.0. The maximum Gasteiger partial charge on any atom is 0.345 e. The first-order valence-electron chi connectivity index (χ1n) is 6.30. The second-order valence-corrected chi connectivity index (χ2v) is 4.40. The molecule has 0 bridgehead atoms. The number of phenols is 1. The van der Waals surface area contributed by atoms with Crippen molar-refractivity contribution >= 4 is 5.97 Å². The highest BCUT2D eigenvalue weighted by atomic mass is 16.7. The number of rotatable bonds is 5. The summed E-state index contributed by atoms with van der Waals surface area (Å²) in [6.07, 6.45) is -0.840. The number of carbonyl (C=O) groups is 1. The van der Waals surface area contributed by atoms with Crippen LogP contribution in [0.4, 0.5) is 0 Å². The van der Waals surface area contributed by atoms with E-state index >= 15 is 0 Å². The fourth-order valence-corrected chi connectivity index (χ4v) is 2.41. The van der Waals surface area contributed by atoms with Crippen LogP contribution in [-0.2, 0) is 20.8 Å². The molecule has 0 spiro atoms. The molecule has 0 aromatic heterocycles. The number of fused-ring (bicyclic) bond motifs is 1. The van der Waals surface area contributed by atoms with Crippen LogP contribution < -0.4 is 4.74 Å². The fourth-order valence-electron chi connectivity index (χ4n) is 2.41. The van der Waals surface area contributed by atoms with Gasteiger partial charge in [-0.25, -0.2) is 4.79 Å². The molecule has 1 aliphatic rings. The molecule has 1 N–H and O–H groups in total. The number of ether oxygens (including phenoxy) is 4. The van der Waals surface area contributed by atoms with Crippen LogP contribution in [0.15, 0.2) is 0 Å². The second-order valence-electron chi connectivity index (χ2n) is 4.40. The van der Waals surface area contributed by atoms with E-state index in [1.54, 1.807) is 13.8 Å². The second kappa shape index (κ2) is 5.68. The third-order valence-electron chi connectivity index (χ3n) is 3.27. The molecule has 0 fully saturated rings. The van der Waals surface area contributed by atoms with Gasteiger partial charge in [-0.15, -0.1) is 0 Å². The van der Waals surface area contributed by atoms with Gasteiger partial charge in [0.05, 0.1) is 13.7 Å². The van der Waals surface area contributed by atoms with Crippen LogP contribution in [0.1, 0.15) is 40.3 Å². The molecule has 0 amide bonds. The molecule has 1 heterocycles. The van der Waals surface area contributed by atoms with Crippen LogP contribution in [0.2, 0.25) is 0 Å². The van der Waals surface area contributed by atoms with Crippen LogP contribution in [0.25, 0.3) is 0 Å². The number of benzene rings is 1. The van der Waals surface area contributed by atoms with Gasteiger partial charge in [-0.2, -0.15) is 0 Å². The predicted molar refractivity (Wildman–Crippen MR) is 69.9 cm³/mol. The minimum atomic E-state index is -0.840. The molecule has 1 aromatic rings. The van der Waals surface area contributed by atoms with Crippen molar-refractivity contribution in [1.29, 1.82) is 0 Å². The third-order valence-corrected chi connectivity index (χ3v) is 3.27. The molecular weight excluding hydrogens is 264 g/mol. The Morgan fingerprint density at radius 3 is 2.60 bits per heavy atom. The van der Waals surface area contributed by atoms with Gasteiger partial charge in [0.1, 0.15) is 17.1 Å². The minimum Gasteiger partial charge on any atom is -0.507 e. The summed E-state index contributed by atoms with van der Waals surface area (Å²) in [6, 6.07) is 0. The average molecular weight is 282 g/mol. The summed E-state index contributed by atoms with van der Waals surface area (Å²) in [5, 5.41) is 10.3. The Balaban J connectivity index is 2.72. The van der Waals surface area contributed by atoms with Gasteiger partial charge in [-0.3, -0.25) is 0 Å². The Hall–Kier alpha value is -1.79.